The van der Waals surface area contributed by atoms with Crippen molar-refractivity contribution in [2.24, 2.45) is 0 Å². The minimum atomic E-state index is 0.455. The maximum Gasteiger partial charge on any atom is 0.0298 e. The van der Waals surface area contributed by atoms with Crippen molar-refractivity contribution in [1.82, 2.24) is 0 Å². The number of thioether (sulfide) groups is 1. The van der Waals surface area contributed by atoms with Crippen molar-refractivity contribution in [1.29, 1.82) is 0 Å². The Labute approximate surface area is 178 Å². The van der Waals surface area contributed by atoms with Crippen LogP contribution < -0.4 is 0 Å². The number of hydrogen-bond donors (Lipinski definition) is 0. The van der Waals surface area contributed by atoms with E-state index in [1.807, 2.05) is 11.8 Å². The van der Waals surface area contributed by atoms with E-state index in [9.17, 15) is 0 Å². The lowest BCUT2D eigenvalue weighted by Crippen LogP contribution is -1.99. The van der Waals surface area contributed by atoms with Gasteiger partial charge in [0.2, 0.25) is 0 Å². The SMILES string of the molecule is CC[C@@H](SC)c1cc(-c2ccccc2)cc(-c2ccccc2)c1-c1ccccc1. The second-order valence-corrected chi connectivity index (χ2v) is 8.26. The molecule has 29 heavy (non-hydrogen) atoms. The molecule has 4 aromatic carbocycles. The predicted octanol–water partition coefficient (Wildman–Crippen LogP) is 8.50. The third-order valence-corrected chi connectivity index (χ3v) is 6.58. The molecule has 4 aromatic rings. The van der Waals surface area contributed by atoms with Crippen LogP contribution in [0.25, 0.3) is 33.4 Å². The second-order valence-electron chi connectivity index (χ2n) is 7.22. The minimum absolute atomic E-state index is 0.455. The molecule has 0 heterocycles. The summed E-state index contributed by atoms with van der Waals surface area (Å²) in [6.45, 7) is 2.29. The monoisotopic (exact) mass is 394 g/mol. The van der Waals surface area contributed by atoms with Crippen molar-refractivity contribution in [3.63, 3.8) is 0 Å². The number of benzene rings is 4. The predicted molar refractivity (Wildman–Crippen MR) is 129 cm³/mol. The molecular weight excluding hydrogens is 368 g/mol. The Hall–Kier alpha value is -2.77. The van der Waals surface area contributed by atoms with E-state index in [1.54, 1.807) is 0 Å². The lowest BCUT2D eigenvalue weighted by molar-refractivity contribution is 0.900. The molecule has 0 saturated heterocycles. The molecule has 0 amide bonds. The van der Waals surface area contributed by atoms with Crippen LogP contribution in [0, 0.1) is 0 Å². The van der Waals surface area contributed by atoms with Crippen molar-refractivity contribution in [2.45, 2.75) is 18.6 Å². The molecule has 0 saturated carbocycles. The minimum Gasteiger partial charge on any atom is -0.157 e. The van der Waals surface area contributed by atoms with E-state index in [4.69, 9.17) is 0 Å². The van der Waals surface area contributed by atoms with Crippen molar-refractivity contribution >= 4 is 11.8 Å². The fourth-order valence-electron chi connectivity index (χ4n) is 4.00. The summed E-state index contributed by atoms with van der Waals surface area (Å²) < 4.78 is 0. The quantitative estimate of drug-likeness (QED) is 0.316. The van der Waals surface area contributed by atoms with Gasteiger partial charge in [0.15, 0.2) is 0 Å². The van der Waals surface area contributed by atoms with Gasteiger partial charge in [0.25, 0.3) is 0 Å². The molecule has 0 bridgehead atoms. The molecule has 1 atom stereocenters. The molecule has 4 rings (SSSR count). The molecule has 0 fully saturated rings. The molecule has 1 heteroatoms. The molecule has 0 radical (unpaired) electrons. The fraction of sp³-hybridized carbons (Fsp3) is 0.143. The van der Waals surface area contributed by atoms with Crippen LogP contribution in [0.5, 0.6) is 0 Å². The molecule has 0 N–H and O–H groups in total. The second kappa shape index (κ2) is 9.15. The van der Waals surface area contributed by atoms with E-state index >= 15 is 0 Å². The molecule has 0 aliphatic heterocycles. The molecular formula is C28H26S. The topological polar surface area (TPSA) is 0 Å². The molecule has 0 aromatic heterocycles. The molecule has 0 nitrogen and oxygen atoms in total. The van der Waals surface area contributed by atoms with Crippen molar-refractivity contribution < 1.29 is 0 Å². The van der Waals surface area contributed by atoms with Crippen molar-refractivity contribution in [3.05, 3.63) is 109 Å². The number of rotatable bonds is 6. The Balaban J connectivity index is 2.06. The van der Waals surface area contributed by atoms with E-state index in [1.165, 1.54) is 38.9 Å². The van der Waals surface area contributed by atoms with Crippen LogP contribution in [0.1, 0.15) is 24.2 Å². The Morgan fingerprint density at radius 3 is 1.66 bits per heavy atom. The maximum absolute atomic E-state index is 2.41. The van der Waals surface area contributed by atoms with Gasteiger partial charge >= 0.3 is 0 Å². The fourth-order valence-corrected chi connectivity index (χ4v) is 4.77. The first-order chi connectivity index (χ1) is 14.3. The van der Waals surface area contributed by atoms with Gasteiger partial charge in [-0.1, -0.05) is 97.9 Å². The van der Waals surface area contributed by atoms with Gasteiger partial charge in [-0.05, 0) is 63.8 Å². The van der Waals surface area contributed by atoms with Crippen LogP contribution in [0.4, 0.5) is 0 Å². The Morgan fingerprint density at radius 1 is 0.621 bits per heavy atom. The lowest BCUT2D eigenvalue weighted by Gasteiger charge is -2.23. The normalized spacial score (nSPS) is 11.9. The van der Waals surface area contributed by atoms with Crippen molar-refractivity contribution in [3.8, 4) is 33.4 Å². The van der Waals surface area contributed by atoms with Crippen LogP contribution in [0.3, 0.4) is 0 Å². The van der Waals surface area contributed by atoms with Crippen LogP contribution in [0.15, 0.2) is 103 Å². The van der Waals surface area contributed by atoms with Gasteiger partial charge in [0.05, 0.1) is 0 Å². The highest BCUT2D eigenvalue weighted by atomic mass is 32.2. The third-order valence-electron chi connectivity index (χ3n) is 5.43. The molecule has 144 valence electrons. The standard InChI is InChI=1S/C28H26S/c1-3-27(29-2)26-20-24(21-13-7-4-8-14-21)19-25(22-15-9-5-10-16-22)28(26)23-17-11-6-12-18-23/h4-20,27H,3H2,1-2H3/t27-/m1/s1. The van der Waals surface area contributed by atoms with E-state index < -0.39 is 0 Å². The first-order valence-electron chi connectivity index (χ1n) is 10.2. The zero-order chi connectivity index (χ0) is 20.1. The first kappa shape index (κ1) is 19.5. The molecule has 0 unspecified atom stereocenters. The van der Waals surface area contributed by atoms with E-state index in [0.717, 1.165) is 6.42 Å². The van der Waals surface area contributed by atoms with E-state index in [-0.39, 0.29) is 0 Å². The van der Waals surface area contributed by atoms with Crippen LogP contribution in [-0.2, 0) is 0 Å². The number of hydrogen-bond acceptors (Lipinski definition) is 1. The average molecular weight is 395 g/mol. The summed E-state index contributed by atoms with van der Waals surface area (Å²) in [5.41, 5.74) is 9.19. The van der Waals surface area contributed by atoms with Gasteiger partial charge in [0, 0.05) is 5.25 Å². The van der Waals surface area contributed by atoms with Crippen LogP contribution in [-0.4, -0.2) is 6.26 Å². The van der Waals surface area contributed by atoms with Gasteiger partial charge in [-0.3, -0.25) is 0 Å². The summed E-state index contributed by atoms with van der Waals surface area (Å²) in [7, 11) is 0. The van der Waals surface area contributed by atoms with Gasteiger partial charge in [-0.2, -0.15) is 11.8 Å². The highest BCUT2D eigenvalue weighted by molar-refractivity contribution is 7.98. The average Bonchev–Trinajstić information content (AvgIpc) is 2.81. The largest absolute Gasteiger partial charge is 0.157 e. The summed E-state index contributed by atoms with van der Waals surface area (Å²) in [4.78, 5) is 0. The van der Waals surface area contributed by atoms with E-state index in [0.29, 0.717) is 5.25 Å². The maximum atomic E-state index is 2.41. The Kier molecular flexibility index (Phi) is 6.17. The summed E-state index contributed by atoms with van der Waals surface area (Å²) in [5, 5.41) is 0.455. The van der Waals surface area contributed by atoms with Gasteiger partial charge < -0.3 is 0 Å². The van der Waals surface area contributed by atoms with Crippen LogP contribution in [0.2, 0.25) is 0 Å². The highest BCUT2D eigenvalue weighted by Crippen LogP contribution is 2.44. The smallest absolute Gasteiger partial charge is 0.0298 e. The van der Waals surface area contributed by atoms with Gasteiger partial charge in [-0.15, -0.1) is 0 Å². The Bertz CT molecular complexity index is 1050. The zero-order valence-electron chi connectivity index (χ0n) is 17.0. The molecule has 0 aliphatic carbocycles. The summed E-state index contributed by atoms with van der Waals surface area (Å²) >= 11 is 1.94. The molecule has 0 spiro atoms. The zero-order valence-corrected chi connectivity index (χ0v) is 17.8. The third kappa shape index (κ3) is 4.16. The lowest BCUT2D eigenvalue weighted by atomic mass is 9.85. The van der Waals surface area contributed by atoms with Crippen molar-refractivity contribution in [2.75, 3.05) is 6.26 Å². The van der Waals surface area contributed by atoms with E-state index in [2.05, 4.69) is 116 Å². The Morgan fingerprint density at radius 2 is 1.14 bits per heavy atom. The first-order valence-corrected chi connectivity index (χ1v) is 11.5. The van der Waals surface area contributed by atoms with Gasteiger partial charge in [-0.25, -0.2) is 0 Å². The summed E-state index contributed by atoms with van der Waals surface area (Å²) in [5.74, 6) is 0. The van der Waals surface area contributed by atoms with Crippen LogP contribution >= 0.6 is 11.8 Å². The van der Waals surface area contributed by atoms with Gasteiger partial charge in [0.1, 0.15) is 0 Å². The molecule has 0 aliphatic rings. The summed E-state index contributed by atoms with van der Waals surface area (Å²) in [6.07, 6.45) is 3.33. The highest BCUT2D eigenvalue weighted by Gasteiger charge is 2.20. The summed E-state index contributed by atoms with van der Waals surface area (Å²) in [6, 6.07) is 37.1.